The number of hydrogen-bond donors (Lipinski definition) is 0. The van der Waals surface area contributed by atoms with Gasteiger partial charge < -0.3 is 4.74 Å². The zero-order valence-corrected chi connectivity index (χ0v) is 21.8. The number of ether oxygens (including phenoxy) is 1. The Balaban J connectivity index is 1.51. The van der Waals surface area contributed by atoms with Crippen LogP contribution in [0.3, 0.4) is 0 Å². The van der Waals surface area contributed by atoms with Gasteiger partial charge in [0, 0.05) is 17.3 Å². The Hall–Kier alpha value is -3.92. The highest BCUT2D eigenvalue weighted by molar-refractivity contribution is 5.76. The van der Waals surface area contributed by atoms with E-state index in [1.807, 2.05) is 24.3 Å². The average molecular weight is 491 g/mol. The minimum atomic E-state index is -0.230. The zero-order valence-electron chi connectivity index (χ0n) is 21.8. The number of imidazole rings is 1. The van der Waals surface area contributed by atoms with Gasteiger partial charge in [0.15, 0.2) is 0 Å². The molecular formula is C33H31FN2O. The quantitative estimate of drug-likeness (QED) is 0.253. The molecule has 186 valence electrons. The van der Waals surface area contributed by atoms with Gasteiger partial charge in [0.25, 0.3) is 0 Å². The second-order valence-corrected chi connectivity index (χ2v) is 10.6. The van der Waals surface area contributed by atoms with E-state index in [4.69, 9.17) is 9.72 Å². The molecule has 0 radical (unpaired) electrons. The van der Waals surface area contributed by atoms with E-state index >= 15 is 0 Å². The predicted molar refractivity (Wildman–Crippen MR) is 149 cm³/mol. The minimum Gasteiger partial charge on any atom is -0.493 e. The smallest absolute Gasteiger partial charge is 0.138 e. The van der Waals surface area contributed by atoms with Crippen molar-refractivity contribution in [2.24, 2.45) is 0 Å². The Morgan fingerprint density at radius 1 is 0.919 bits per heavy atom. The lowest BCUT2D eigenvalue weighted by Gasteiger charge is -2.33. The van der Waals surface area contributed by atoms with Crippen LogP contribution in [0.5, 0.6) is 5.75 Å². The van der Waals surface area contributed by atoms with Crippen molar-refractivity contribution in [1.29, 1.82) is 0 Å². The van der Waals surface area contributed by atoms with Crippen molar-refractivity contribution in [3.8, 4) is 39.4 Å². The largest absolute Gasteiger partial charge is 0.493 e. The van der Waals surface area contributed by atoms with Gasteiger partial charge in [0.2, 0.25) is 0 Å². The van der Waals surface area contributed by atoms with E-state index in [1.54, 1.807) is 0 Å². The van der Waals surface area contributed by atoms with Crippen molar-refractivity contribution in [3.63, 3.8) is 0 Å². The number of fused-ring (bicyclic) bond motifs is 2. The van der Waals surface area contributed by atoms with Crippen LogP contribution in [0.15, 0.2) is 79.0 Å². The van der Waals surface area contributed by atoms with Crippen molar-refractivity contribution in [1.82, 2.24) is 9.38 Å². The maximum absolute atomic E-state index is 13.5. The molecule has 0 fully saturated rings. The van der Waals surface area contributed by atoms with Gasteiger partial charge in [-0.2, -0.15) is 0 Å². The molecule has 0 N–H and O–H groups in total. The van der Waals surface area contributed by atoms with E-state index < -0.39 is 0 Å². The number of pyridine rings is 1. The van der Waals surface area contributed by atoms with Crippen LogP contribution in [0.1, 0.15) is 43.9 Å². The first-order valence-corrected chi connectivity index (χ1v) is 13.0. The SMILES string of the molecule is CCc1c(C)cc2nc(-c3cccc(-c4ccc(F)cc4)c3)cn2c1-c1ccc2c(c1)C(C)(C)CCO2. The lowest BCUT2D eigenvalue weighted by Crippen LogP contribution is -2.26. The number of aromatic nitrogens is 2. The van der Waals surface area contributed by atoms with Crippen molar-refractivity contribution in [3.05, 3.63) is 102 Å². The summed E-state index contributed by atoms with van der Waals surface area (Å²) >= 11 is 0. The van der Waals surface area contributed by atoms with Crippen LogP contribution in [0.4, 0.5) is 4.39 Å². The van der Waals surface area contributed by atoms with Gasteiger partial charge in [-0.3, -0.25) is 4.40 Å². The second-order valence-electron chi connectivity index (χ2n) is 10.6. The summed E-state index contributed by atoms with van der Waals surface area (Å²) in [5, 5.41) is 0. The van der Waals surface area contributed by atoms with Gasteiger partial charge in [0.05, 0.1) is 18.0 Å². The monoisotopic (exact) mass is 490 g/mol. The summed E-state index contributed by atoms with van der Waals surface area (Å²) in [4.78, 5) is 5.05. The van der Waals surface area contributed by atoms with Crippen LogP contribution >= 0.6 is 0 Å². The summed E-state index contributed by atoms with van der Waals surface area (Å²) in [6, 6.07) is 23.7. The second kappa shape index (κ2) is 8.88. The molecule has 0 saturated carbocycles. The summed E-state index contributed by atoms with van der Waals surface area (Å²) in [5.74, 6) is 0.762. The molecule has 1 aliphatic heterocycles. The molecule has 2 aromatic heterocycles. The molecule has 0 atom stereocenters. The molecule has 0 amide bonds. The Kier molecular flexibility index (Phi) is 5.63. The average Bonchev–Trinajstić information content (AvgIpc) is 3.32. The van der Waals surface area contributed by atoms with Gasteiger partial charge in [-0.05, 0) is 95.5 Å². The van der Waals surface area contributed by atoms with E-state index in [2.05, 4.69) is 74.7 Å². The van der Waals surface area contributed by atoms with Crippen molar-refractivity contribution >= 4 is 5.65 Å². The van der Waals surface area contributed by atoms with Crippen molar-refractivity contribution in [2.75, 3.05) is 6.61 Å². The number of aryl methyl sites for hydroxylation is 1. The Labute approximate surface area is 217 Å². The fraction of sp³-hybridized carbons (Fsp3) is 0.242. The molecule has 0 unspecified atom stereocenters. The lowest BCUT2D eigenvalue weighted by molar-refractivity contribution is 0.234. The van der Waals surface area contributed by atoms with Gasteiger partial charge in [0.1, 0.15) is 17.2 Å². The third kappa shape index (κ3) is 4.11. The highest BCUT2D eigenvalue weighted by Gasteiger charge is 2.29. The Morgan fingerprint density at radius 3 is 2.46 bits per heavy atom. The summed E-state index contributed by atoms with van der Waals surface area (Å²) in [7, 11) is 0. The highest BCUT2D eigenvalue weighted by Crippen LogP contribution is 2.41. The molecule has 3 heterocycles. The van der Waals surface area contributed by atoms with Crippen LogP contribution in [0.2, 0.25) is 0 Å². The molecule has 0 bridgehead atoms. The molecule has 3 nitrogen and oxygen atoms in total. The molecule has 3 aromatic carbocycles. The summed E-state index contributed by atoms with van der Waals surface area (Å²) in [6.07, 6.45) is 4.09. The fourth-order valence-corrected chi connectivity index (χ4v) is 5.57. The topological polar surface area (TPSA) is 26.5 Å². The summed E-state index contributed by atoms with van der Waals surface area (Å²) in [6.45, 7) is 9.75. The molecule has 1 aliphatic rings. The molecule has 5 aromatic rings. The molecular weight excluding hydrogens is 459 g/mol. The molecule has 0 aliphatic carbocycles. The van der Waals surface area contributed by atoms with Crippen LogP contribution in [-0.2, 0) is 11.8 Å². The van der Waals surface area contributed by atoms with E-state index in [0.717, 1.165) is 53.2 Å². The van der Waals surface area contributed by atoms with Gasteiger partial charge >= 0.3 is 0 Å². The number of halogens is 1. The number of rotatable bonds is 4. The van der Waals surface area contributed by atoms with Crippen LogP contribution in [0, 0.1) is 12.7 Å². The maximum Gasteiger partial charge on any atom is 0.138 e. The van der Waals surface area contributed by atoms with Crippen LogP contribution in [0.25, 0.3) is 39.3 Å². The Morgan fingerprint density at radius 2 is 1.68 bits per heavy atom. The third-order valence-electron chi connectivity index (χ3n) is 7.74. The van der Waals surface area contributed by atoms with Crippen LogP contribution in [-0.4, -0.2) is 16.0 Å². The molecule has 6 rings (SSSR count). The first kappa shape index (κ1) is 23.5. The molecule has 37 heavy (non-hydrogen) atoms. The molecule has 0 spiro atoms. The Bertz CT molecular complexity index is 1630. The molecule has 4 heteroatoms. The van der Waals surface area contributed by atoms with Gasteiger partial charge in [-0.15, -0.1) is 0 Å². The van der Waals surface area contributed by atoms with Crippen LogP contribution < -0.4 is 4.74 Å². The standard InChI is InChI=1S/C33H31FN2O/c1-5-27-21(2)17-31-35-29(24-8-6-7-23(18-24)22-9-12-26(34)13-10-22)20-36(31)32(27)25-11-14-30-28(19-25)33(3,4)15-16-37-30/h6-14,17-20H,5,15-16H2,1-4H3. The predicted octanol–water partition coefficient (Wildman–Crippen LogP) is 8.41. The number of hydrogen-bond acceptors (Lipinski definition) is 2. The fourth-order valence-electron chi connectivity index (χ4n) is 5.57. The van der Waals surface area contributed by atoms with E-state index in [1.165, 1.54) is 40.1 Å². The summed E-state index contributed by atoms with van der Waals surface area (Å²) in [5.41, 5.74) is 11.2. The summed E-state index contributed by atoms with van der Waals surface area (Å²) < 4.78 is 21.7. The third-order valence-corrected chi connectivity index (χ3v) is 7.74. The van der Waals surface area contributed by atoms with E-state index in [-0.39, 0.29) is 11.2 Å². The normalized spacial score (nSPS) is 14.4. The first-order valence-electron chi connectivity index (χ1n) is 13.0. The van der Waals surface area contributed by atoms with E-state index in [0.29, 0.717) is 0 Å². The molecule has 0 saturated heterocycles. The lowest BCUT2D eigenvalue weighted by atomic mass is 9.79. The van der Waals surface area contributed by atoms with Crippen molar-refractivity contribution in [2.45, 2.75) is 46.0 Å². The van der Waals surface area contributed by atoms with Gasteiger partial charge in [-0.25, -0.2) is 9.37 Å². The number of benzene rings is 3. The highest BCUT2D eigenvalue weighted by atomic mass is 19.1. The maximum atomic E-state index is 13.5. The van der Waals surface area contributed by atoms with Gasteiger partial charge in [-0.1, -0.05) is 51.1 Å². The van der Waals surface area contributed by atoms with E-state index in [9.17, 15) is 4.39 Å². The van der Waals surface area contributed by atoms with Crippen molar-refractivity contribution < 1.29 is 9.13 Å². The zero-order chi connectivity index (χ0) is 25.7. The minimum absolute atomic E-state index is 0.0692. The first-order chi connectivity index (χ1) is 17.8. The number of nitrogens with zero attached hydrogens (tertiary/aromatic N) is 2.